The van der Waals surface area contributed by atoms with Gasteiger partial charge < -0.3 is 5.32 Å². The van der Waals surface area contributed by atoms with Crippen molar-refractivity contribution >= 4 is 16.6 Å². The molecule has 27 heavy (non-hydrogen) atoms. The SMILES string of the molecule is CCCc1cc(NCc2ccc(-n3ccnc3C)nc2)c2ccccc2n1. The summed E-state index contributed by atoms with van der Waals surface area (Å²) in [5.41, 5.74) is 4.42. The Hall–Kier alpha value is -3.21. The number of aryl methyl sites for hydroxylation is 2. The van der Waals surface area contributed by atoms with Crippen molar-refractivity contribution in [1.29, 1.82) is 0 Å². The molecule has 0 aliphatic carbocycles. The van der Waals surface area contributed by atoms with E-state index in [1.165, 1.54) is 0 Å². The van der Waals surface area contributed by atoms with Crippen molar-refractivity contribution in [2.45, 2.75) is 33.2 Å². The van der Waals surface area contributed by atoms with Gasteiger partial charge in [0.15, 0.2) is 0 Å². The Bertz CT molecular complexity index is 1050. The van der Waals surface area contributed by atoms with Crippen molar-refractivity contribution in [2.24, 2.45) is 0 Å². The van der Waals surface area contributed by atoms with Crippen LogP contribution in [0.4, 0.5) is 5.69 Å². The summed E-state index contributed by atoms with van der Waals surface area (Å²) in [7, 11) is 0. The molecule has 0 saturated carbocycles. The normalized spacial score (nSPS) is 11.0. The number of nitrogens with zero attached hydrogens (tertiary/aromatic N) is 4. The number of hydrogen-bond donors (Lipinski definition) is 1. The highest BCUT2D eigenvalue weighted by molar-refractivity contribution is 5.91. The highest BCUT2D eigenvalue weighted by atomic mass is 15.1. The van der Waals surface area contributed by atoms with E-state index in [9.17, 15) is 0 Å². The van der Waals surface area contributed by atoms with Crippen LogP contribution in [0.3, 0.4) is 0 Å². The minimum atomic E-state index is 0.718. The Balaban J connectivity index is 1.55. The van der Waals surface area contributed by atoms with E-state index in [0.717, 1.165) is 58.9 Å². The number of anilines is 1. The largest absolute Gasteiger partial charge is 0.380 e. The van der Waals surface area contributed by atoms with Gasteiger partial charge in [0.25, 0.3) is 0 Å². The molecular formula is C22H23N5. The van der Waals surface area contributed by atoms with Crippen molar-refractivity contribution in [3.8, 4) is 5.82 Å². The quantitative estimate of drug-likeness (QED) is 0.544. The van der Waals surface area contributed by atoms with Crippen molar-refractivity contribution in [3.05, 3.63) is 78.1 Å². The summed E-state index contributed by atoms with van der Waals surface area (Å²) in [5.74, 6) is 1.81. The number of aromatic nitrogens is 4. The molecule has 1 N–H and O–H groups in total. The molecule has 0 saturated heterocycles. The first-order valence-electron chi connectivity index (χ1n) is 9.32. The summed E-state index contributed by atoms with van der Waals surface area (Å²) in [6.45, 7) is 4.87. The zero-order chi connectivity index (χ0) is 18.6. The summed E-state index contributed by atoms with van der Waals surface area (Å²) < 4.78 is 1.98. The van der Waals surface area contributed by atoms with Gasteiger partial charge in [-0.2, -0.15) is 0 Å². The van der Waals surface area contributed by atoms with E-state index in [-0.39, 0.29) is 0 Å². The highest BCUT2D eigenvalue weighted by Crippen LogP contribution is 2.24. The lowest BCUT2D eigenvalue weighted by Gasteiger charge is -2.12. The topological polar surface area (TPSA) is 55.6 Å². The van der Waals surface area contributed by atoms with E-state index in [4.69, 9.17) is 4.98 Å². The number of nitrogens with one attached hydrogen (secondary N) is 1. The molecule has 4 rings (SSSR count). The number of hydrogen-bond acceptors (Lipinski definition) is 4. The first-order valence-corrected chi connectivity index (χ1v) is 9.32. The lowest BCUT2D eigenvalue weighted by atomic mass is 10.1. The van der Waals surface area contributed by atoms with Gasteiger partial charge in [0.2, 0.25) is 0 Å². The molecule has 4 aromatic rings. The third-order valence-corrected chi connectivity index (χ3v) is 4.64. The minimum absolute atomic E-state index is 0.718. The van der Waals surface area contributed by atoms with E-state index >= 15 is 0 Å². The van der Waals surface area contributed by atoms with Gasteiger partial charge >= 0.3 is 0 Å². The number of fused-ring (bicyclic) bond motifs is 1. The first kappa shape index (κ1) is 17.2. The zero-order valence-corrected chi connectivity index (χ0v) is 15.7. The molecule has 0 aliphatic rings. The monoisotopic (exact) mass is 357 g/mol. The zero-order valence-electron chi connectivity index (χ0n) is 15.7. The number of pyridine rings is 2. The van der Waals surface area contributed by atoms with Gasteiger partial charge in [0.1, 0.15) is 11.6 Å². The molecule has 0 radical (unpaired) electrons. The number of rotatable bonds is 6. The number of imidazole rings is 1. The van der Waals surface area contributed by atoms with E-state index in [1.807, 2.05) is 36.0 Å². The average molecular weight is 357 g/mol. The van der Waals surface area contributed by atoms with Crippen LogP contribution < -0.4 is 5.32 Å². The fraction of sp³-hybridized carbons (Fsp3) is 0.227. The minimum Gasteiger partial charge on any atom is -0.380 e. The van der Waals surface area contributed by atoms with Gasteiger partial charge in [-0.15, -0.1) is 0 Å². The third kappa shape index (κ3) is 3.67. The van der Waals surface area contributed by atoms with Crippen LogP contribution >= 0.6 is 0 Å². The summed E-state index contributed by atoms with van der Waals surface area (Å²) in [4.78, 5) is 13.6. The molecule has 3 heterocycles. The van der Waals surface area contributed by atoms with Gasteiger partial charge in [-0.05, 0) is 37.1 Å². The second kappa shape index (κ2) is 7.58. The maximum atomic E-state index is 4.77. The van der Waals surface area contributed by atoms with E-state index in [2.05, 4.69) is 52.5 Å². The Morgan fingerprint density at radius 3 is 2.70 bits per heavy atom. The Morgan fingerprint density at radius 1 is 1.07 bits per heavy atom. The Labute approximate surface area is 159 Å². The molecule has 0 fully saturated rings. The molecule has 0 spiro atoms. The van der Waals surface area contributed by atoms with E-state index in [0.29, 0.717) is 0 Å². The molecule has 0 bridgehead atoms. The van der Waals surface area contributed by atoms with Crippen LogP contribution in [0.5, 0.6) is 0 Å². The van der Waals surface area contributed by atoms with Gasteiger partial charge in [0.05, 0.1) is 5.52 Å². The number of para-hydroxylation sites is 1. The molecule has 0 aliphatic heterocycles. The van der Waals surface area contributed by atoms with Crippen LogP contribution in [0.1, 0.15) is 30.4 Å². The lowest BCUT2D eigenvalue weighted by Crippen LogP contribution is -2.04. The molecule has 0 amide bonds. The van der Waals surface area contributed by atoms with Crippen LogP contribution in [-0.4, -0.2) is 19.5 Å². The van der Waals surface area contributed by atoms with Gasteiger partial charge in [0, 0.05) is 41.9 Å². The van der Waals surface area contributed by atoms with Gasteiger partial charge in [-0.25, -0.2) is 9.97 Å². The van der Waals surface area contributed by atoms with Gasteiger partial charge in [-0.3, -0.25) is 9.55 Å². The lowest BCUT2D eigenvalue weighted by molar-refractivity contribution is 0.889. The molecule has 136 valence electrons. The van der Waals surface area contributed by atoms with E-state index in [1.54, 1.807) is 6.20 Å². The van der Waals surface area contributed by atoms with Crippen LogP contribution in [0, 0.1) is 6.92 Å². The average Bonchev–Trinajstić information content (AvgIpc) is 3.13. The summed E-state index contributed by atoms with van der Waals surface area (Å²) in [6.07, 6.45) is 7.70. The first-order chi connectivity index (χ1) is 13.2. The molecule has 0 unspecified atom stereocenters. The smallest absolute Gasteiger partial charge is 0.137 e. The predicted octanol–water partition coefficient (Wildman–Crippen LogP) is 4.69. The fourth-order valence-electron chi connectivity index (χ4n) is 3.24. The van der Waals surface area contributed by atoms with Gasteiger partial charge in [-0.1, -0.05) is 37.6 Å². The van der Waals surface area contributed by atoms with Crippen LogP contribution in [0.25, 0.3) is 16.7 Å². The summed E-state index contributed by atoms with van der Waals surface area (Å²) in [6, 6.07) is 14.6. The van der Waals surface area contributed by atoms with E-state index < -0.39 is 0 Å². The van der Waals surface area contributed by atoms with Crippen molar-refractivity contribution in [3.63, 3.8) is 0 Å². The Morgan fingerprint density at radius 2 is 1.96 bits per heavy atom. The molecule has 3 aromatic heterocycles. The van der Waals surface area contributed by atoms with Crippen molar-refractivity contribution in [1.82, 2.24) is 19.5 Å². The predicted molar refractivity (Wildman–Crippen MR) is 109 cm³/mol. The summed E-state index contributed by atoms with van der Waals surface area (Å²) >= 11 is 0. The van der Waals surface area contributed by atoms with Crippen molar-refractivity contribution in [2.75, 3.05) is 5.32 Å². The number of benzene rings is 1. The fourth-order valence-corrected chi connectivity index (χ4v) is 3.24. The highest BCUT2D eigenvalue weighted by Gasteiger charge is 2.06. The molecule has 0 atom stereocenters. The standard InChI is InChI=1S/C22H23N5/c1-3-6-18-13-21(19-7-4-5-8-20(19)26-18)24-14-17-9-10-22(25-15-17)27-12-11-23-16(27)2/h4-5,7-13,15H,3,6,14H2,1-2H3,(H,24,26). The Kier molecular flexibility index (Phi) is 4.83. The van der Waals surface area contributed by atoms with Crippen LogP contribution in [-0.2, 0) is 13.0 Å². The molecule has 5 nitrogen and oxygen atoms in total. The molecule has 1 aromatic carbocycles. The summed E-state index contributed by atoms with van der Waals surface area (Å²) in [5, 5.41) is 4.72. The van der Waals surface area contributed by atoms with Crippen LogP contribution in [0.2, 0.25) is 0 Å². The second-order valence-corrected chi connectivity index (χ2v) is 6.65. The maximum Gasteiger partial charge on any atom is 0.137 e. The third-order valence-electron chi connectivity index (χ3n) is 4.64. The van der Waals surface area contributed by atoms with Crippen LogP contribution in [0.15, 0.2) is 61.1 Å². The maximum absolute atomic E-state index is 4.77. The molecule has 5 heteroatoms. The molecular weight excluding hydrogens is 334 g/mol. The second-order valence-electron chi connectivity index (χ2n) is 6.65. The van der Waals surface area contributed by atoms with Crippen molar-refractivity contribution < 1.29 is 0 Å².